The van der Waals surface area contributed by atoms with Crippen molar-refractivity contribution in [2.45, 2.75) is 9.79 Å². The molecule has 0 atom stereocenters. The maximum absolute atomic E-state index is 12.3. The molecule has 3 rings (SSSR count). The van der Waals surface area contributed by atoms with Crippen LogP contribution in [-0.2, 0) is 20.1 Å². The second-order valence-electron chi connectivity index (χ2n) is 6.02. The molecule has 0 saturated heterocycles. The molecule has 0 saturated carbocycles. The highest BCUT2D eigenvalue weighted by molar-refractivity contribution is 7.89. The van der Waals surface area contributed by atoms with Gasteiger partial charge in [-0.25, -0.2) is 4.83 Å². The first-order chi connectivity index (χ1) is 14.7. The zero-order valence-electron chi connectivity index (χ0n) is 15.7. The lowest BCUT2D eigenvalue weighted by molar-refractivity contribution is -0.384. The molecule has 0 amide bonds. The predicted octanol–water partition coefficient (Wildman–Crippen LogP) is 2.67. The Morgan fingerprint density at radius 2 is 1.45 bits per heavy atom. The molecule has 0 unspecified atom stereocenters. The van der Waals surface area contributed by atoms with Gasteiger partial charge in [0.25, 0.3) is 15.7 Å². The van der Waals surface area contributed by atoms with E-state index in [1.165, 1.54) is 42.6 Å². The molecule has 0 bridgehead atoms. The Kier molecular flexibility index (Phi) is 6.32. The molecule has 12 heteroatoms. The van der Waals surface area contributed by atoms with Gasteiger partial charge in [-0.15, -0.1) is 0 Å². The molecular weight excluding hydrogens is 446 g/mol. The van der Waals surface area contributed by atoms with Gasteiger partial charge in [-0.1, -0.05) is 18.2 Å². The predicted molar refractivity (Wildman–Crippen MR) is 112 cm³/mol. The number of nitro benzene ring substituents is 1. The quantitative estimate of drug-likeness (QED) is 0.235. The maximum atomic E-state index is 12.3. The van der Waals surface area contributed by atoms with Crippen LogP contribution < -0.4 is 9.01 Å². The Morgan fingerprint density at radius 3 is 2.03 bits per heavy atom. The largest absolute Gasteiger partial charge is 0.379 e. The molecule has 0 aliphatic rings. The highest BCUT2D eigenvalue weighted by Gasteiger charge is 2.18. The molecule has 31 heavy (non-hydrogen) atoms. The average molecular weight is 461 g/mol. The molecular formula is C19H15N3O7S2. The molecule has 0 radical (unpaired) electrons. The van der Waals surface area contributed by atoms with Gasteiger partial charge in [0.2, 0.25) is 0 Å². The smallest absolute Gasteiger partial charge is 0.339 e. The zero-order chi connectivity index (χ0) is 22.5. The number of non-ortho nitro benzene ring substituents is 1. The van der Waals surface area contributed by atoms with Crippen molar-refractivity contribution in [3.05, 3.63) is 94.5 Å². The number of benzene rings is 3. The number of hydrazone groups is 1. The summed E-state index contributed by atoms with van der Waals surface area (Å²) in [6.45, 7) is 0. The third kappa shape index (κ3) is 5.65. The summed E-state index contributed by atoms with van der Waals surface area (Å²) in [4.78, 5) is 11.9. The monoisotopic (exact) mass is 461 g/mol. The number of rotatable bonds is 8. The number of hydrogen-bond acceptors (Lipinski definition) is 8. The van der Waals surface area contributed by atoms with Crippen LogP contribution in [0.3, 0.4) is 0 Å². The summed E-state index contributed by atoms with van der Waals surface area (Å²) >= 11 is 0. The SMILES string of the molecule is O=[N+]([O-])c1ccc(S(=O)(=O)Oc2ccc(C=NNS(=O)(=O)c3ccccc3)cc2)cc1. The molecule has 0 fully saturated rings. The van der Waals surface area contributed by atoms with E-state index in [2.05, 4.69) is 9.93 Å². The summed E-state index contributed by atoms with van der Waals surface area (Å²) in [5.74, 6) is 0.000342. The van der Waals surface area contributed by atoms with E-state index in [0.29, 0.717) is 5.56 Å². The number of sulfonamides is 1. The van der Waals surface area contributed by atoms with Crippen LogP contribution in [0.2, 0.25) is 0 Å². The van der Waals surface area contributed by atoms with E-state index in [0.717, 1.165) is 24.3 Å². The zero-order valence-corrected chi connectivity index (χ0v) is 17.3. The van der Waals surface area contributed by atoms with Crippen molar-refractivity contribution in [2.75, 3.05) is 0 Å². The van der Waals surface area contributed by atoms with Gasteiger partial charge in [-0.3, -0.25) is 10.1 Å². The first-order valence-electron chi connectivity index (χ1n) is 8.56. The summed E-state index contributed by atoms with van der Waals surface area (Å²) in [7, 11) is -7.98. The van der Waals surface area contributed by atoms with Crippen LogP contribution in [-0.4, -0.2) is 28.0 Å². The van der Waals surface area contributed by atoms with Crippen LogP contribution in [0.15, 0.2) is 93.8 Å². The lowest BCUT2D eigenvalue weighted by Gasteiger charge is -2.07. The maximum Gasteiger partial charge on any atom is 0.339 e. The molecule has 10 nitrogen and oxygen atoms in total. The molecule has 0 aliphatic heterocycles. The standard InChI is InChI=1S/C19H15N3O7S2/c23-22(24)16-8-12-19(13-9-16)31(27,28)29-17-10-6-15(7-11-17)14-20-21-30(25,26)18-4-2-1-3-5-18/h1-14,21H. The lowest BCUT2D eigenvalue weighted by atomic mass is 10.2. The van der Waals surface area contributed by atoms with E-state index >= 15 is 0 Å². The van der Waals surface area contributed by atoms with Crippen LogP contribution in [0.1, 0.15) is 5.56 Å². The van der Waals surface area contributed by atoms with Crippen LogP contribution in [0.25, 0.3) is 0 Å². The van der Waals surface area contributed by atoms with E-state index < -0.39 is 25.1 Å². The van der Waals surface area contributed by atoms with Gasteiger partial charge in [0, 0.05) is 12.1 Å². The van der Waals surface area contributed by atoms with Gasteiger partial charge in [0.15, 0.2) is 0 Å². The molecule has 0 aromatic heterocycles. The van der Waals surface area contributed by atoms with E-state index in [4.69, 9.17) is 4.18 Å². The van der Waals surface area contributed by atoms with E-state index in [-0.39, 0.29) is 21.2 Å². The highest BCUT2D eigenvalue weighted by atomic mass is 32.2. The molecule has 0 heterocycles. The average Bonchev–Trinajstić information content (AvgIpc) is 2.75. The third-order valence-electron chi connectivity index (χ3n) is 3.86. The Balaban J connectivity index is 1.66. The van der Waals surface area contributed by atoms with Crippen molar-refractivity contribution < 1.29 is 25.9 Å². The Hall–Kier alpha value is -3.77. The summed E-state index contributed by atoms with van der Waals surface area (Å²) in [6.07, 6.45) is 1.25. The minimum atomic E-state index is -4.18. The van der Waals surface area contributed by atoms with Crippen molar-refractivity contribution in [1.82, 2.24) is 4.83 Å². The minimum absolute atomic E-state index is 0.000342. The fourth-order valence-corrected chi connectivity index (χ4v) is 4.08. The molecule has 0 aliphatic carbocycles. The number of nitrogens with one attached hydrogen (secondary N) is 1. The van der Waals surface area contributed by atoms with E-state index in [9.17, 15) is 26.9 Å². The minimum Gasteiger partial charge on any atom is -0.379 e. The Labute approximate surface area is 178 Å². The van der Waals surface area contributed by atoms with Crippen molar-refractivity contribution >= 4 is 32.0 Å². The van der Waals surface area contributed by atoms with Gasteiger partial charge in [0.05, 0.1) is 16.0 Å². The van der Waals surface area contributed by atoms with E-state index in [1.807, 2.05) is 0 Å². The summed E-state index contributed by atoms with van der Waals surface area (Å²) < 4.78 is 53.7. The van der Waals surface area contributed by atoms with Gasteiger partial charge in [-0.05, 0) is 54.1 Å². The van der Waals surface area contributed by atoms with E-state index in [1.54, 1.807) is 18.2 Å². The number of nitrogens with zero attached hydrogens (tertiary/aromatic N) is 2. The normalized spacial score (nSPS) is 11.9. The van der Waals surface area contributed by atoms with Crippen LogP contribution in [0.4, 0.5) is 5.69 Å². The third-order valence-corrected chi connectivity index (χ3v) is 6.36. The molecule has 1 N–H and O–H groups in total. The van der Waals surface area contributed by atoms with Gasteiger partial charge >= 0.3 is 10.1 Å². The summed E-state index contributed by atoms with van der Waals surface area (Å²) in [5.41, 5.74) is 0.237. The topological polar surface area (TPSA) is 145 Å². The highest BCUT2D eigenvalue weighted by Crippen LogP contribution is 2.21. The first kappa shape index (κ1) is 21.9. The summed E-state index contributed by atoms with van der Waals surface area (Å²) in [6, 6.07) is 17.6. The Bertz CT molecular complexity index is 1310. The lowest BCUT2D eigenvalue weighted by Crippen LogP contribution is -2.18. The summed E-state index contributed by atoms with van der Waals surface area (Å²) in [5, 5.41) is 14.4. The molecule has 0 spiro atoms. The van der Waals surface area contributed by atoms with Crippen molar-refractivity contribution in [3.63, 3.8) is 0 Å². The fourth-order valence-electron chi connectivity index (χ4n) is 2.34. The van der Waals surface area contributed by atoms with Crippen LogP contribution in [0, 0.1) is 10.1 Å². The van der Waals surface area contributed by atoms with Gasteiger partial charge in [0.1, 0.15) is 10.6 Å². The van der Waals surface area contributed by atoms with Gasteiger partial charge < -0.3 is 4.18 Å². The van der Waals surface area contributed by atoms with Crippen molar-refractivity contribution in [3.8, 4) is 5.75 Å². The molecule has 160 valence electrons. The molecule has 3 aromatic carbocycles. The first-order valence-corrected chi connectivity index (χ1v) is 11.5. The van der Waals surface area contributed by atoms with Crippen molar-refractivity contribution in [1.29, 1.82) is 0 Å². The van der Waals surface area contributed by atoms with Gasteiger partial charge in [-0.2, -0.15) is 21.9 Å². The second kappa shape index (κ2) is 8.93. The fraction of sp³-hybridized carbons (Fsp3) is 0. The van der Waals surface area contributed by atoms with Crippen LogP contribution in [0.5, 0.6) is 5.75 Å². The number of hydrogen-bond donors (Lipinski definition) is 1. The van der Waals surface area contributed by atoms with Crippen LogP contribution >= 0.6 is 0 Å². The number of nitro groups is 1. The second-order valence-corrected chi connectivity index (χ2v) is 9.23. The Morgan fingerprint density at radius 1 is 0.839 bits per heavy atom. The van der Waals surface area contributed by atoms with Crippen molar-refractivity contribution in [2.24, 2.45) is 5.10 Å². The molecule has 3 aromatic rings.